The fourth-order valence-corrected chi connectivity index (χ4v) is 2.62. The molecule has 1 saturated carbocycles. The maximum Gasteiger partial charge on any atom is 0.255 e. The van der Waals surface area contributed by atoms with Gasteiger partial charge in [0.05, 0.1) is 12.5 Å². The average molecular weight is 291 g/mol. The maximum absolute atomic E-state index is 13.4. The summed E-state index contributed by atoms with van der Waals surface area (Å²) in [7, 11) is 1.47. The molecule has 3 nitrogen and oxygen atoms in total. The van der Waals surface area contributed by atoms with Crippen molar-refractivity contribution >= 4 is 0 Å². The van der Waals surface area contributed by atoms with Crippen molar-refractivity contribution in [1.29, 1.82) is 0 Å². The predicted octanol–water partition coefficient (Wildman–Crippen LogP) is 3.14. The molecule has 0 radical (unpaired) electrons. The summed E-state index contributed by atoms with van der Waals surface area (Å²) >= 11 is 0. The van der Waals surface area contributed by atoms with Gasteiger partial charge in [-0.1, -0.05) is 6.07 Å². The molecule has 21 heavy (non-hydrogen) atoms. The Hall–Kier alpha value is -2.17. The number of ether oxygens (including phenoxy) is 1. The van der Waals surface area contributed by atoms with Gasteiger partial charge in [-0.25, -0.2) is 8.78 Å². The van der Waals surface area contributed by atoms with Crippen molar-refractivity contribution in [2.24, 2.45) is 0 Å². The molecular formula is C16H15F2NO2. The Morgan fingerprint density at radius 2 is 2.00 bits per heavy atom. The van der Waals surface area contributed by atoms with Crippen LogP contribution in [0.1, 0.15) is 18.4 Å². The number of benzene rings is 1. The van der Waals surface area contributed by atoms with Crippen LogP contribution in [0.4, 0.5) is 8.78 Å². The number of hydrogen-bond donors (Lipinski definition) is 0. The molecule has 1 fully saturated rings. The molecule has 1 aromatic carbocycles. The highest BCUT2D eigenvalue weighted by Gasteiger charge is 2.54. The highest BCUT2D eigenvalue weighted by molar-refractivity contribution is 5.50. The van der Waals surface area contributed by atoms with E-state index in [1.54, 1.807) is 36.5 Å². The normalized spacial score (nSPS) is 16.0. The number of hydrogen-bond acceptors (Lipinski definition) is 2. The maximum atomic E-state index is 13.4. The van der Waals surface area contributed by atoms with Crippen molar-refractivity contribution < 1.29 is 13.5 Å². The minimum Gasteiger partial charge on any atom is -0.496 e. The van der Waals surface area contributed by atoms with Crippen LogP contribution in [0.3, 0.4) is 0 Å². The first-order valence-electron chi connectivity index (χ1n) is 6.73. The first-order chi connectivity index (χ1) is 10.1. The molecule has 1 aliphatic rings. The molecule has 1 heterocycles. The Morgan fingerprint density at radius 3 is 2.57 bits per heavy atom. The molecule has 0 aliphatic heterocycles. The third kappa shape index (κ3) is 2.22. The lowest BCUT2D eigenvalue weighted by molar-refractivity contribution is 0.100. The quantitative estimate of drug-likeness (QED) is 0.866. The average Bonchev–Trinajstić information content (AvgIpc) is 3.29. The van der Waals surface area contributed by atoms with Gasteiger partial charge in [-0.15, -0.1) is 0 Å². The summed E-state index contributed by atoms with van der Waals surface area (Å²) in [4.78, 5) is 11.9. The number of aromatic nitrogens is 1. The van der Waals surface area contributed by atoms with E-state index in [0.29, 0.717) is 29.8 Å². The zero-order valence-corrected chi connectivity index (χ0v) is 11.6. The van der Waals surface area contributed by atoms with Crippen LogP contribution in [-0.2, 0) is 5.41 Å². The Bertz CT molecular complexity index is 720. The fraction of sp³-hybridized carbons (Fsp3) is 0.312. The first-order valence-corrected chi connectivity index (χ1v) is 6.73. The third-order valence-corrected chi connectivity index (χ3v) is 4.03. The second-order valence-electron chi connectivity index (χ2n) is 5.25. The topological polar surface area (TPSA) is 31.2 Å². The molecule has 0 N–H and O–H groups in total. The molecule has 110 valence electrons. The zero-order valence-electron chi connectivity index (χ0n) is 11.6. The summed E-state index contributed by atoms with van der Waals surface area (Å²) in [5.74, 6) is 0.445. The number of pyridine rings is 1. The third-order valence-electron chi connectivity index (χ3n) is 4.03. The zero-order chi connectivity index (χ0) is 15.0. The van der Waals surface area contributed by atoms with E-state index in [9.17, 15) is 13.6 Å². The van der Waals surface area contributed by atoms with E-state index >= 15 is 0 Å². The molecule has 0 unspecified atom stereocenters. The number of alkyl halides is 2. The summed E-state index contributed by atoms with van der Waals surface area (Å²) in [6, 6.07) is 9.79. The fourth-order valence-electron chi connectivity index (χ4n) is 2.62. The van der Waals surface area contributed by atoms with Crippen LogP contribution >= 0.6 is 0 Å². The van der Waals surface area contributed by atoms with Gasteiger partial charge in [-0.2, -0.15) is 0 Å². The summed E-state index contributed by atoms with van der Waals surface area (Å²) in [5.41, 5.74) is -0.271. The van der Waals surface area contributed by atoms with Gasteiger partial charge < -0.3 is 4.74 Å². The van der Waals surface area contributed by atoms with E-state index in [4.69, 9.17) is 4.74 Å². The van der Waals surface area contributed by atoms with Crippen LogP contribution in [0.2, 0.25) is 0 Å². The van der Waals surface area contributed by atoms with Crippen LogP contribution in [0.5, 0.6) is 5.75 Å². The lowest BCUT2D eigenvalue weighted by atomic mass is 9.94. The lowest BCUT2D eigenvalue weighted by Crippen LogP contribution is -2.20. The number of rotatable bonds is 4. The first kappa shape index (κ1) is 13.8. The molecule has 0 atom stereocenters. The van der Waals surface area contributed by atoms with Gasteiger partial charge in [0, 0.05) is 23.5 Å². The molecule has 1 aromatic heterocycles. The molecular weight excluding hydrogens is 276 g/mol. The SMILES string of the molecule is COc1ccc(-n2ccccc2=O)cc1C1(C(F)F)CC1. The second kappa shape index (κ2) is 4.98. The molecule has 0 amide bonds. The van der Waals surface area contributed by atoms with Gasteiger partial charge in [-0.3, -0.25) is 9.36 Å². The Morgan fingerprint density at radius 1 is 1.24 bits per heavy atom. The number of halogens is 2. The number of methoxy groups -OCH3 is 1. The van der Waals surface area contributed by atoms with Crippen LogP contribution in [-0.4, -0.2) is 18.1 Å². The largest absolute Gasteiger partial charge is 0.496 e. The monoisotopic (exact) mass is 291 g/mol. The summed E-state index contributed by atoms with van der Waals surface area (Å²) in [6.07, 6.45) is 0.0622. The van der Waals surface area contributed by atoms with Crippen molar-refractivity contribution in [1.82, 2.24) is 4.57 Å². The van der Waals surface area contributed by atoms with Gasteiger partial charge in [0.2, 0.25) is 6.43 Å². The van der Waals surface area contributed by atoms with Gasteiger partial charge in [0.1, 0.15) is 5.75 Å². The van der Waals surface area contributed by atoms with E-state index in [-0.39, 0.29) is 5.56 Å². The van der Waals surface area contributed by atoms with Gasteiger partial charge in [-0.05, 0) is 37.1 Å². The summed E-state index contributed by atoms with van der Waals surface area (Å²) in [6.45, 7) is 0. The van der Waals surface area contributed by atoms with Gasteiger partial charge in [0.15, 0.2) is 0 Å². The second-order valence-corrected chi connectivity index (χ2v) is 5.25. The Kier molecular flexibility index (Phi) is 3.27. The van der Waals surface area contributed by atoms with Crippen LogP contribution in [0, 0.1) is 0 Å². The van der Waals surface area contributed by atoms with Crippen molar-refractivity contribution in [3.63, 3.8) is 0 Å². The standard InChI is InChI=1S/C16H15F2NO2/c1-21-13-6-5-11(19-9-3-2-4-14(19)20)10-12(13)16(7-8-16)15(17)18/h2-6,9-10,15H,7-8H2,1H3. The summed E-state index contributed by atoms with van der Waals surface area (Å²) < 4.78 is 33.4. The highest BCUT2D eigenvalue weighted by atomic mass is 19.3. The van der Waals surface area contributed by atoms with E-state index in [0.717, 1.165) is 0 Å². The van der Waals surface area contributed by atoms with E-state index in [1.165, 1.54) is 17.7 Å². The minimum absolute atomic E-state index is 0.199. The van der Waals surface area contributed by atoms with E-state index in [1.807, 2.05) is 0 Å². The molecule has 0 saturated heterocycles. The van der Waals surface area contributed by atoms with Crippen LogP contribution in [0.15, 0.2) is 47.4 Å². The van der Waals surface area contributed by atoms with Gasteiger partial charge >= 0.3 is 0 Å². The van der Waals surface area contributed by atoms with Crippen LogP contribution in [0.25, 0.3) is 5.69 Å². The lowest BCUT2D eigenvalue weighted by Gasteiger charge is -2.19. The number of nitrogens with zero attached hydrogens (tertiary/aromatic N) is 1. The highest BCUT2D eigenvalue weighted by Crippen LogP contribution is 2.55. The molecule has 1 aliphatic carbocycles. The van der Waals surface area contributed by atoms with Crippen molar-refractivity contribution in [2.75, 3.05) is 7.11 Å². The van der Waals surface area contributed by atoms with Crippen molar-refractivity contribution in [2.45, 2.75) is 24.7 Å². The Balaban J connectivity index is 2.15. The van der Waals surface area contributed by atoms with Crippen molar-refractivity contribution in [3.05, 3.63) is 58.5 Å². The van der Waals surface area contributed by atoms with Crippen molar-refractivity contribution in [3.8, 4) is 11.4 Å². The van der Waals surface area contributed by atoms with Gasteiger partial charge in [0.25, 0.3) is 5.56 Å². The Labute approximate surface area is 120 Å². The van der Waals surface area contributed by atoms with Crippen LogP contribution < -0.4 is 10.3 Å². The molecule has 5 heteroatoms. The molecule has 2 aromatic rings. The molecule has 0 bridgehead atoms. The smallest absolute Gasteiger partial charge is 0.255 e. The molecule has 0 spiro atoms. The molecule has 3 rings (SSSR count). The summed E-state index contributed by atoms with van der Waals surface area (Å²) in [5, 5.41) is 0. The predicted molar refractivity (Wildman–Crippen MR) is 75.5 cm³/mol. The van der Waals surface area contributed by atoms with E-state index < -0.39 is 11.8 Å². The van der Waals surface area contributed by atoms with E-state index in [2.05, 4.69) is 0 Å². The minimum atomic E-state index is -2.44.